The van der Waals surface area contributed by atoms with Gasteiger partial charge in [-0.2, -0.15) is 5.10 Å². The van der Waals surface area contributed by atoms with Crippen molar-refractivity contribution in [2.24, 2.45) is 0 Å². The van der Waals surface area contributed by atoms with E-state index in [-0.39, 0.29) is 5.82 Å². The zero-order chi connectivity index (χ0) is 12.0. The summed E-state index contributed by atoms with van der Waals surface area (Å²) < 4.78 is 14.9. The van der Waals surface area contributed by atoms with Crippen LogP contribution >= 0.6 is 31.9 Å². The lowest BCUT2D eigenvalue weighted by Crippen LogP contribution is -1.83. The van der Waals surface area contributed by atoms with E-state index in [0.717, 1.165) is 21.4 Å². The van der Waals surface area contributed by atoms with Crippen LogP contribution in [0.25, 0.3) is 11.3 Å². The van der Waals surface area contributed by atoms with E-state index >= 15 is 0 Å². The van der Waals surface area contributed by atoms with E-state index in [1.807, 2.05) is 6.07 Å². The second kappa shape index (κ2) is 4.21. The number of nitrogens with zero attached hydrogens (tertiary/aromatic N) is 1. The quantitative estimate of drug-likeness (QED) is 0.832. The first-order chi connectivity index (χ1) is 8.16. The molecule has 0 atom stereocenters. The zero-order valence-corrected chi connectivity index (χ0v) is 12.0. The maximum atomic E-state index is 13.5. The monoisotopic (exact) mass is 358 g/mol. The fourth-order valence-electron chi connectivity index (χ4n) is 1.82. The van der Waals surface area contributed by atoms with Crippen molar-refractivity contribution in [3.05, 3.63) is 38.7 Å². The molecule has 17 heavy (non-hydrogen) atoms. The van der Waals surface area contributed by atoms with Gasteiger partial charge in [0.1, 0.15) is 11.5 Å². The van der Waals surface area contributed by atoms with E-state index in [1.165, 1.54) is 18.9 Å². The van der Waals surface area contributed by atoms with E-state index in [0.29, 0.717) is 10.4 Å². The third kappa shape index (κ3) is 2.06. The van der Waals surface area contributed by atoms with Gasteiger partial charge in [0, 0.05) is 11.5 Å². The molecule has 3 rings (SSSR count). The van der Waals surface area contributed by atoms with Crippen molar-refractivity contribution in [2.45, 2.75) is 18.8 Å². The minimum atomic E-state index is -0.273. The van der Waals surface area contributed by atoms with Gasteiger partial charge in [-0.25, -0.2) is 4.39 Å². The van der Waals surface area contributed by atoms with Gasteiger partial charge in [-0.1, -0.05) is 6.07 Å². The Balaban J connectivity index is 2.05. The summed E-state index contributed by atoms with van der Waals surface area (Å²) >= 11 is 6.69. The van der Waals surface area contributed by atoms with Crippen LogP contribution < -0.4 is 0 Å². The van der Waals surface area contributed by atoms with Gasteiger partial charge in [0.05, 0.1) is 14.6 Å². The molecule has 0 radical (unpaired) electrons. The van der Waals surface area contributed by atoms with Crippen LogP contribution in [0.1, 0.15) is 24.5 Å². The minimum Gasteiger partial charge on any atom is -0.280 e. The second-order valence-electron chi connectivity index (χ2n) is 4.20. The van der Waals surface area contributed by atoms with Gasteiger partial charge in [0.15, 0.2) is 0 Å². The van der Waals surface area contributed by atoms with E-state index < -0.39 is 0 Å². The molecule has 1 aliphatic rings. The highest BCUT2D eigenvalue weighted by atomic mass is 79.9. The maximum Gasteiger partial charge on any atom is 0.138 e. The lowest BCUT2D eigenvalue weighted by molar-refractivity contribution is 0.621. The van der Waals surface area contributed by atoms with Crippen molar-refractivity contribution in [1.82, 2.24) is 10.2 Å². The van der Waals surface area contributed by atoms with Crippen LogP contribution in [0.5, 0.6) is 0 Å². The van der Waals surface area contributed by atoms with Crippen LogP contribution in [0.2, 0.25) is 0 Å². The largest absolute Gasteiger partial charge is 0.280 e. The molecule has 0 unspecified atom stereocenters. The SMILES string of the molecule is Fc1cc(-c2n[nH]c(C3CC3)c2Br)ccc1Br. The molecule has 1 N–H and O–H groups in total. The predicted molar refractivity (Wildman–Crippen MR) is 71.4 cm³/mol. The summed E-state index contributed by atoms with van der Waals surface area (Å²) in [5.41, 5.74) is 2.68. The second-order valence-corrected chi connectivity index (χ2v) is 5.85. The van der Waals surface area contributed by atoms with Gasteiger partial charge in [-0.05, 0) is 56.8 Å². The number of H-pyrrole nitrogens is 1. The molecule has 1 fully saturated rings. The standard InChI is InChI=1S/C12H9Br2FN2/c13-8-4-3-7(5-9(8)15)12-10(14)11(16-17-12)6-1-2-6/h3-6H,1-2H2,(H,16,17). The molecule has 1 aromatic heterocycles. The van der Waals surface area contributed by atoms with Crippen LogP contribution in [0.4, 0.5) is 4.39 Å². The van der Waals surface area contributed by atoms with E-state index in [4.69, 9.17) is 0 Å². The van der Waals surface area contributed by atoms with E-state index in [2.05, 4.69) is 42.1 Å². The Morgan fingerprint density at radius 1 is 1.29 bits per heavy atom. The van der Waals surface area contributed by atoms with Crippen LogP contribution in [-0.2, 0) is 0 Å². The molecule has 88 valence electrons. The van der Waals surface area contributed by atoms with Crippen molar-refractivity contribution >= 4 is 31.9 Å². The molecular formula is C12H9Br2FN2. The maximum absolute atomic E-state index is 13.5. The summed E-state index contributed by atoms with van der Waals surface area (Å²) in [4.78, 5) is 0. The molecule has 2 nitrogen and oxygen atoms in total. The molecule has 1 aromatic carbocycles. The average Bonchev–Trinajstić information content (AvgIpc) is 3.07. The molecule has 0 saturated heterocycles. The summed E-state index contributed by atoms with van der Waals surface area (Å²) in [6.45, 7) is 0. The van der Waals surface area contributed by atoms with Crippen LogP contribution in [0.3, 0.4) is 0 Å². The van der Waals surface area contributed by atoms with Gasteiger partial charge in [-0.15, -0.1) is 0 Å². The first kappa shape index (κ1) is 11.4. The fourth-order valence-corrected chi connectivity index (χ4v) is 2.80. The topological polar surface area (TPSA) is 28.7 Å². The molecule has 1 aliphatic carbocycles. The molecular weight excluding hydrogens is 351 g/mol. The highest BCUT2D eigenvalue weighted by Crippen LogP contribution is 2.44. The Hall–Kier alpha value is -0.680. The number of aromatic amines is 1. The number of benzene rings is 1. The van der Waals surface area contributed by atoms with Crippen molar-refractivity contribution in [3.8, 4) is 11.3 Å². The summed E-state index contributed by atoms with van der Waals surface area (Å²) in [6, 6.07) is 5.04. The van der Waals surface area contributed by atoms with Gasteiger partial charge in [0.25, 0.3) is 0 Å². The number of aromatic nitrogens is 2. The first-order valence-corrected chi connectivity index (χ1v) is 6.94. The first-order valence-electron chi connectivity index (χ1n) is 5.36. The van der Waals surface area contributed by atoms with Gasteiger partial charge in [0.2, 0.25) is 0 Å². The Morgan fingerprint density at radius 2 is 2.06 bits per heavy atom. The van der Waals surface area contributed by atoms with Crippen molar-refractivity contribution in [1.29, 1.82) is 0 Å². The van der Waals surface area contributed by atoms with Crippen LogP contribution in [0, 0.1) is 5.82 Å². The molecule has 1 heterocycles. The lowest BCUT2D eigenvalue weighted by Gasteiger charge is -2.00. The highest BCUT2D eigenvalue weighted by molar-refractivity contribution is 9.10. The fraction of sp³-hybridized carbons (Fsp3) is 0.250. The number of halogens is 3. The minimum absolute atomic E-state index is 0.273. The molecule has 0 amide bonds. The lowest BCUT2D eigenvalue weighted by atomic mass is 10.1. The van der Waals surface area contributed by atoms with E-state index in [9.17, 15) is 4.39 Å². The van der Waals surface area contributed by atoms with Gasteiger partial charge < -0.3 is 0 Å². The van der Waals surface area contributed by atoms with Crippen molar-refractivity contribution in [3.63, 3.8) is 0 Å². The number of hydrogen-bond acceptors (Lipinski definition) is 1. The summed E-state index contributed by atoms with van der Waals surface area (Å²) in [5, 5.41) is 7.30. The van der Waals surface area contributed by atoms with Gasteiger partial charge in [-0.3, -0.25) is 5.10 Å². The zero-order valence-electron chi connectivity index (χ0n) is 8.80. The normalized spacial score (nSPS) is 15.2. The molecule has 5 heteroatoms. The van der Waals surface area contributed by atoms with E-state index in [1.54, 1.807) is 6.07 Å². The van der Waals surface area contributed by atoms with Crippen LogP contribution in [0.15, 0.2) is 27.1 Å². The summed E-state index contributed by atoms with van der Waals surface area (Å²) in [7, 11) is 0. The molecule has 2 aromatic rings. The number of hydrogen-bond donors (Lipinski definition) is 1. The third-order valence-electron chi connectivity index (χ3n) is 2.91. The molecule has 0 bridgehead atoms. The third-order valence-corrected chi connectivity index (χ3v) is 4.36. The number of nitrogens with one attached hydrogen (secondary N) is 1. The van der Waals surface area contributed by atoms with Gasteiger partial charge >= 0.3 is 0 Å². The molecule has 1 saturated carbocycles. The summed E-state index contributed by atoms with van der Waals surface area (Å²) in [5.74, 6) is 0.316. The van der Waals surface area contributed by atoms with Crippen molar-refractivity contribution < 1.29 is 4.39 Å². The Morgan fingerprint density at radius 3 is 2.71 bits per heavy atom. The smallest absolute Gasteiger partial charge is 0.138 e. The highest BCUT2D eigenvalue weighted by Gasteiger charge is 2.29. The van der Waals surface area contributed by atoms with Crippen LogP contribution in [-0.4, -0.2) is 10.2 Å². The average molecular weight is 360 g/mol. The molecule has 0 spiro atoms. The molecule has 0 aliphatic heterocycles. The summed E-state index contributed by atoms with van der Waals surface area (Å²) in [6.07, 6.45) is 2.41. The Kier molecular flexibility index (Phi) is 2.83. The van der Waals surface area contributed by atoms with Crippen molar-refractivity contribution in [2.75, 3.05) is 0 Å². The Labute approximate surface area is 115 Å². The number of rotatable bonds is 2. The Bertz CT molecular complexity index is 576. The predicted octanol–water partition coefficient (Wildman–Crippen LogP) is 4.62.